The van der Waals surface area contributed by atoms with Gasteiger partial charge in [0.15, 0.2) is 0 Å². The van der Waals surface area contributed by atoms with Gasteiger partial charge in [-0.15, -0.1) is 11.3 Å². The number of thiophene rings is 1. The SMILES string of the molecule is [2H]c1c([2H])c([2H])c2c(c1[2H])c1c([2H])c([2H])c([2H])c([2H])c1n2-c1cc([B]O)nc(-n2c3ccccc3c3ccc4c5ccccc5sc4c32)c1. The highest BCUT2D eigenvalue weighted by Crippen LogP contribution is 2.43. The predicted octanol–water partition coefficient (Wildman–Crippen LogP) is 7.88. The Labute approximate surface area is 250 Å². The molecule has 4 heterocycles. The second-order valence-electron chi connectivity index (χ2n) is 9.81. The zero-order chi connectivity index (χ0) is 34.0. The Morgan fingerprint density at radius 2 is 1.34 bits per heavy atom. The van der Waals surface area contributed by atoms with E-state index in [1.807, 2.05) is 41.0 Å². The number of fused-ring (bicyclic) bond motifs is 10. The maximum Gasteiger partial charge on any atom is 0.348 e. The van der Waals surface area contributed by atoms with Crippen LogP contribution in [0.3, 0.4) is 0 Å². The van der Waals surface area contributed by atoms with Gasteiger partial charge < -0.3 is 9.59 Å². The summed E-state index contributed by atoms with van der Waals surface area (Å²) in [6.07, 6.45) is 0. The molecule has 4 aromatic heterocycles. The molecule has 6 heteroatoms. The van der Waals surface area contributed by atoms with Crippen molar-refractivity contribution in [2.45, 2.75) is 0 Å². The number of rotatable bonds is 3. The quantitative estimate of drug-likeness (QED) is 0.228. The molecule has 0 unspecified atom stereocenters. The summed E-state index contributed by atoms with van der Waals surface area (Å²) < 4.78 is 74.8. The van der Waals surface area contributed by atoms with Gasteiger partial charge in [0.1, 0.15) is 5.82 Å². The third-order valence-electron chi connectivity index (χ3n) is 7.65. The number of aromatic nitrogens is 3. The van der Waals surface area contributed by atoms with Crippen LogP contribution >= 0.6 is 11.3 Å². The standard InChI is InChI=1S/C35H21BN3OS/c40-36-32-19-21(38-28-13-5-1-9-22(28)23-10-2-6-14-29(23)38)20-33(37-32)39-30-15-7-3-11-24(30)26-17-18-27-25-12-4-8-16-31(25)41-35(27)34(26)39/h1-20,40H/i1D,2D,5D,6D,9D,10D,13D,14D. The normalized spacial score (nSPS) is 14.8. The van der Waals surface area contributed by atoms with Gasteiger partial charge in [-0.3, -0.25) is 4.57 Å². The molecule has 0 fully saturated rings. The van der Waals surface area contributed by atoms with E-state index in [0.717, 1.165) is 49.5 Å². The van der Waals surface area contributed by atoms with Crippen molar-refractivity contribution < 1.29 is 16.0 Å². The van der Waals surface area contributed by atoms with Crippen LogP contribution in [0.15, 0.2) is 121 Å². The number of nitrogens with zero attached hydrogens (tertiary/aromatic N) is 3. The maximum atomic E-state index is 10.4. The second-order valence-corrected chi connectivity index (χ2v) is 10.9. The van der Waals surface area contributed by atoms with E-state index in [1.54, 1.807) is 17.4 Å². The van der Waals surface area contributed by atoms with Crippen LogP contribution in [-0.4, -0.2) is 26.6 Å². The topological polar surface area (TPSA) is 43.0 Å². The number of pyridine rings is 1. The second kappa shape index (κ2) is 8.55. The van der Waals surface area contributed by atoms with Gasteiger partial charge in [-0.2, -0.15) is 0 Å². The van der Waals surface area contributed by atoms with Gasteiger partial charge in [-0.1, -0.05) is 84.8 Å². The number of para-hydroxylation sites is 3. The van der Waals surface area contributed by atoms with Crippen molar-refractivity contribution in [3.05, 3.63) is 121 Å². The molecule has 0 amide bonds. The smallest absolute Gasteiger partial charge is 0.348 e. The van der Waals surface area contributed by atoms with E-state index in [9.17, 15) is 5.02 Å². The minimum atomic E-state index is -0.513. The minimum Gasteiger partial charge on any atom is -0.449 e. The summed E-state index contributed by atoms with van der Waals surface area (Å²) in [5.41, 5.74) is 2.15. The molecule has 41 heavy (non-hydrogen) atoms. The lowest BCUT2D eigenvalue weighted by molar-refractivity contribution is 0.614. The number of hydrogen-bond donors (Lipinski definition) is 1. The fraction of sp³-hybridized carbons (Fsp3) is 0. The van der Waals surface area contributed by atoms with Crippen LogP contribution in [0.25, 0.3) is 75.3 Å². The Kier molecular flexibility index (Phi) is 3.41. The molecule has 9 aromatic rings. The van der Waals surface area contributed by atoms with Crippen molar-refractivity contribution in [3.63, 3.8) is 0 Å². The largest absolute Gasteiger partial charge is 0.449 e. The summed E-state index contributed by atoms with van der Waals surface area (Å²) in [5, 5.41) is 14.6. The molecule has 0 bridgehead atoms. The first-order valence-corrected chi connectivity index (χ1v) is 13.8. The van der Waals surface area contributed by atoms with Gasteiger partial charge in [0.2, 0.25) is 0 Å². The first-order valence-electron chi connectivity index (χ1n) is 17.0. The summed E-state index contributed by atoms with van der Waals surface area (Å²) in [6.45, 7) is 0. The van der Waals surface area contributed by atoms with Crippen LogP contribution in [0, 0.1) is 0 Å². The average molecular weight is 551 g/mol. The van der Waals surface area contributed by atoms with Gasteiger partial charge in [-0.05, 0) is 30.3 Å². The monoisotopic (exact) mass is 550 g/mol. The molecule has 1 N–H and O–H groups in total. The van der Waals surface area contributed by atoms with Gasteiger partial charge in [-0.25, -0.2) is 4.98 Å². The Morgan fingerprint density at radius 3 is 2.12 bits per heavy atom. The molecule has 0 saturated heterocycles. The molecule has 5 aromatic carbocycles. The van der Waals surface area contributed by atoms with Gasteiger partial charge in [0.05, 0.1) is 43.4 Å². The molecular weight excluding hydrogens is 521 g/mol. The minimum absolute atomic E-state index is 0.0110. The van der Waals surface area contributed by atoms with Crippen molar-refractivity contribution in [2.75, 3.05) is 0 Å². The number of benzene rings is 5. The molecule has 0 aliphatic rings. The highest BCUT2D eigenvalue weighted by Gasteiger charge is 2.20. The Morgan fingerprint density at radius 1 is 0.659 bits per heavy atom. The molecule has 0 aliphatic heterocycles. The van der Waals surface area contributed by atoms with Crippen molar-refractivity contribution in [3.8, 4) is 11.5 Å². The van der Waals surface area contributed by atoms with Gasteiger partial charge in [0, 0.05) is 48.7 Å². The third kappa shape index (κ3) is 3.17. The molecule has 0 aliphatic carbocycles. The summed E-state index contributed by atoms with van der Waals surface area (Å²) in [5.74, 6) is 0.394. The lowest BCUT2D eigenvalue weighted by Crippen LogP contribution is -2.21. The Hall–Kier alpha value is -4.91. The Bertz CT molecular complexity index is 2860. The van der Waals surface area contributed by atoms with Gasteiger partial charge >= 0.3 is 7.48 Å². The molecule has 1 radical (unpaired) electrons. The lowest BCUT2D eigenvalue weighted by atomic mass is 9.95. The van der Waals surface area contributed by atoms with Crippen molar-refractivity contribution in [1.29, 1.82) is 0 Å². The van der Waals surface area contributed by atoms with E-state index in [2.05, 4.69) is 24.3 Å². The summed E-state index contributed by atoms with van der Waals surface area (Å²) in [7, 11) is 0.842. The molecule has 0 spiro atoms. The van der Waals surface area contributed by atoms with E-state index in [0.29, 0.717) is 5.82 Å². The van der Waals surface area contributed by atoms with Crippen molar-refractivity contribution >= 4 is 88.2 Å². The summed E-state index contributed by atoms with van der Waals surface area (Å²) in [6, 6.07) is 19.9. The molecular formula is C35H21BN3OS. The van der Waals surface area contributed by atoms with Crippen LogP contribution in [0.4, 0.5) is 0 Å². The Balaban J connectivity index is 1.47. The maximum absolute atomic E-state index is 10.4. The van der Waals surface area contributed by atoms with Crippen LogP contribution in [0.5, 0.6) is 0 Å². The summed E-state index contributed by atoms with van der Waals surface area (Å²) >= 11 is 1.66. The van der Waals surface area contributed by atoms with E-state index in [-0.39, 0.29) is 33.1 Å². The number of hydrogen-bond acceptors (Lipinski definition) is 3. The highest BCUT2D eigenvalue weighted by molar-refractivity contribution is 7.26. The molecule has 0 saturated carbocycles. The third-order valence-corrected chi connectivity index (χ3v) is 8.84. The first kappa shape index (κ1) is 16.4. The van der Waals surface area contributed by atoms with Crippen LogP contribution in [-0.2, 0) is 0 Å². The highest BCUT2D eigenvalue weighted by atomic mass is 32.1. The fourth-order valence-electron chi connectivity index (χ4n) is 5.98. The zero-order valence-corrected chi connectivity index (χ0v) is 22.0. The lowest BCUT2D eigenvalue weighted by Gasteiger charge is -2.14. The van der Waals surface area contributed by atoms with Crippen molar-refractivity contribution in [2.24, 2.45) is 0 Å². The van der Waals surface area contributed by atoms with Crippen LogP contribution < -0.4 is 5.59 Å². The van der Waals surface area contributed by atoms with Gasteiger partial charge in [0.25, 0.3) is 0 Å². The predicted molar refractivity (Wildman–Crippen MR) is 173 cm³/mol. The molecule has 4 nitrogen and oxygen atoms in total. The zero-order valence-electron chi connectivity index (χ0n) is 29.2. The van der Waals surface area contributed by atoms with E-state index >= 15 is 0 Å². The summed E-state index contributed by atoms with van der Waals surface area (Å²) in [4.78, 5) is 4.82. The molecule has 0 atom stereocenters. The van der Waals surface area contributed by atoms with E-state index in [4.69, 9.17) is 16.0 Å². The van der Waals surface area contributed by atoms with E-state index in [1.165, 1.54) is 10.6 Å². The van der Waals surface area contributed by atoms with Crippen LogP contribution in [0.2, 0.25) is 0 Å². The first-order chi connectivity index (χ1) is 23.6. The molecule has 9 rings (SSSR count). The van der Waals surface area contributed by atoms with Crippen LogP contribution in [0.1, 0.15) is 11.0 Å². The fourth-order valence-corrected chi connectivity index (χ4v) is 7.22. The average Bonchev–Trinajstić information content (AvgIpc) is 3.79. The van der Waals surface area contributed by atoms with E-state index < -0.39 is 48.3 Å². The van der Waals surface area contributed by atoms with Crippen molar-refractivity contribution in [1.82, 2.24) is 14.1 Å². The molecule has 191 valence electrons.